The van der Waals surface area contributed by atoms with Crippen molar-refractivity contribution in [2.24, 2.45) is 5.92 Å². The quantitative estimate of drug-likeness (QED) is 0.150. The van der Waals surface area contributed by atoms with Crippen LogP contribution in [0.25, 0.3) is 0 Å². The van der Waals surface area contributed by atoms with Crippen LogP contribution in [0.2, 0.25) is 18.6 Å². The van der Waals surface area contributed by atoms with Gasteiger partial charge in [-0.1, -0.05) is 37.3 Å². The number of para-hydroxylation sites is 1. The van der Waals surface area contributed by atoms with E-state index in [0.717, 1.165) is 40.2 Å². The number of ether oxygens (including phenoxy) is 2. The van der Waals surface area contributed by atoms with E-state index in [1.807, 2.05) is 93.7 Å². The first-order valence-electron chi connectivity index (χ1n) is 17.5. The molecule has 10 nitrogen and oxygen atoms in total. The molecule has 1 saturated heterocycles. The fourth-order valence-corrected chi connectivity index (χ4v) is 10.9. The number of carbonyl (C=O) groups is 2. The first kappa shape index (κ1) is 35.3. The Labute approximate surface area is 289 Å². The van der Waals surface area contributed by atoms with Gasteiger partial charge < -0.3 is 34.7 Å². The molecule has 0 aromatic heterocycles. The Bertz CT molecular complexity index is 1680. The Kier molecular flexibility index (Phi) is 10.3. The number of carbonyl (C=O) groups excluding carboxylic acids is 2. The molecule has 1 spiro atoms. The number of hydrogen-bond acceptors (Lipinski definition) is 8. The van der Waals surface area contributed by atoms with Crippen LogP contribution in [0.1, 0.15) is 49.8 Å². The average molecular weight is 688 g/mol. The summed E-state index contributed by atoms with van der Waals surface area (Å²) >= 11 is 0. The van der Waals surface area contributed by atoms with E-state index in [1.165, 1.54) is 0 Å². The summed E-state index contributed by atoms with van der Waals surface area (Å²) in [4.78, 5) is 43.6. The molecule has 0 radical (unpaired) electrons. The van der Waals surface area contributed by atoms with Crippen LogP contribution in [0, 0.1) is 5.92 Å². The maximum atomic E-state index is 14.7. The van der Waals surface area contributed by atoms with Crippen molar-refractivity contribution in [1.29, 1.82) is 0 Å². The molecule has 1 unspecified atom stereocenters. The standard InChI is InChI=1S/C38H49N3O7Si/c1-5-47-29-15-16-32-27(22-29)23-31(39-18-8-9-19-42)36(44)41(32)28-12-10-11-26(21-28)24-40-33-14-7-6-13-30(33)38(37(40)45)25(2)35(49(3,4)46)34(48-38)17-20-43/h6-7,10-16,21-22,25,31,34-35,39,42-43,46H,5,8-9,17-20,23-24H2,1-4H3/t25-,31?,34+,35-,38+/m0/s1. The lowest BCUT2D eigenvalue weighted by Gasteiger charge is -2.35. The van der Waals surface area contributed by atoms with E-state index in [4.69, 9.17) is 9.47 Å². The van der Waals surface area contributed by atoms with Gasteiger partial charge in [-0.2, -0.15) is 0 Å². The van der Waals surface area contributed by atoms with Gasteiger partial charge in [0.15, 0.2) is 13.9 Å². The molecular formula is C38H49N3O7Si. The van der Waals surface area contributed by atoms with Crippen molar-refractivity contribution in [3.05, 3.63) is 83.4 Å². The Morgan fingerprint density at radius 3 is 2.53 bits per heavy atom. The van der Waals surface area contributed by atoms with Crippen molar-refractivity contribution in [1.82, 2.24) is 5.32 Å². The predicted molar refractivity (Wildman–Crippen MR) is 192 cm³/mol. The number of anilines is 3. The molecule has 3 aromatic carbocycles. The van der Waals surface area contributed by atoms with Gasteiger partial charge in [0.25, 0.3) is 5.91 Å². The summed E-state index contributed by atoms with van der Waals surface area (Å²) in [6.07, 6.45) is 1.85. The Morgan fingerprint density at radius 1 is 1.00 bits per heavy atom. The minimum Gasteiger partial charge on any atom is -0.494 e. The number of nitrogens with zero attached hydrogens (tertiary/aromatic N) is 2. The van der Waals surface area contributed by atoms with E-state index >= 15 is 0 Å². The van der Waals surface area contributed by atoms with E-state index < -0.39 is 26.1 Å². The molecule has 0 bridgehead atoms. The second-order valence-electron chi connectivity index (χ2n) is 14.0. The Hall–Kier alpha value is -3.58. The summed E-state index contributed by atoms with van der Waals surface area (Å²) in [6.45, 7) is 9.13. The molecule has 0 aliphatic carbocycles. The highest BCUT2D eigenvalue weighted by Gasteiger charge is 2.66. The largest absolute Gasteiger partial charge is 0.494 e. The maximum Gasteiger partial charge on any atom is 0.264 e. The first-order valence-corrected chi connectivity index (χ1v) is 20.5. The lowest BCUT2D eigenvalue weighted by atomic mass is 9.82. The van der Waals surface area contributed by atoms with Crippen LogP contribution >= 0.6 is 0 Å². The van der Waals surface area contributed by atoms with Gasteiger partial charge >= 0.3 is 0 Å². The average Bonchev–Trinajstić information content (AvgIpc) is 3.50. The number of benzene rings is 3. The molecular weight excluding hydrogens is 639 g/mol. The molecule has 3 aliphatic rings. The Balaban J connectivity index is 1.33. The van der Waals surface area contributed by atoms with Gasteiger partial charge in [0.2, 0.25) is 5.91 Å². The van der Waals surface area contributed by atoms with Gasteiger partial charge in [-0.15, -0.1) is 0 Å². The second kappa shape index (κ2) is 14.3. The van der Waals surface area contributed by atoms with Crippen LogP contribution < -0.4 is 19.9 Å². The minimum atomic E-state index is -2.79. The Morgan fingerprint density at radius 2 is 1.80 bits per heavy atom. The molecule has 4 N–H and O–H groups in total. The summed E-state index contributed by atoms with van der Waals surface area (Å²) in [6, 6.07) is 20.8. The molecule has 11 heteroatoms. The van der Waals surface area contributed by atoms with Gasteiger partial charge in [0.1, 0.15) is 5.75 Å². The van der Waals surface area contributed by atoms with Gasteiger partial charge in [-0.25, -0.2) is 0 Å². The van der Waals surface area contributed by atoms with Crippen molar-refractivity contribution >= 4 is 37.2 Å². The van der Waals surface area contributed by atoms with Crippen molar-refractivity contribution in [3.8, 4) is 5.75 Å². The van der Waals surface area contributed by atoms with Crippen LogP contribution in [0.5, 0.6) is 5.75 Å². The number of hydrogen-bond donors (Lipinski definition) is 4. The highest BCUT2D eigenvalue weighted by molar-refractivity contribution is 6.71. The third kappa shape index (κ3) is 6.44. The van der Waals surface area contributed by atoms with Gasteiger partial charge in [0, 0.05) is 35.9 Å². The smallest absolute Gasteiger partial charge is 0.264 e. The lowest BCUT2D eigenvalue weighted by Crippen LogP contribution is -2.49. The number of fused-ring (bicyclic) bond motifs is 3. The maximum absolute atomic E-state index is 14.7. The van der Waals surface area contributed by atoms with Gasteiger partial charge in [-0.05, 0) is 99.8 Å². The SMILES string of the molecule is CCOc1ccc2c(c1)CC(NCCCCO)C(=O)N2c1cccc(CN2C(=O)[C@]3(O[C@H](CCO)[C@@H]([Si](C)(C)O)[C@@H]3C)c3ccccc32)c1. The topological polar surface area (TPSA) is 132 Å². The van der Waals surface area contributed by atoms with Crippen LogP contribution in [0.15, 0.2) is 66.7 Å². The molecule has 3 aliphatic heterocycles. The van der Waals surface area contributed by atoms with Gasteiger partial charge in [0.05, 0.1) is 36.7 Å². The van der Waals surface area contributed by atoms with Crippen molar-refractivity contribution in [2.45, 2.75) is 82.5 Å². The molecule has 3 heterocycles. The van der Waals surface area contributed by atoms with Crippen LogP contribution in [-0.4, -0.2) is 73.7 Å². The molecule has 2 amide bonds. The zero-order valence-electron chi connectivity index (χ0n) is 28.9. The number of aliphatic hydroxyl groups is 2. The van der Waals surface area contributed by atoms with E-state index in [2.05, 4.69) is 5.32 Å². The second-order valence-corrected chi connectivity index (χ2v) is 18.0. The molecule has 5 atom stereocenters. The summed E-state index contributed by atoms with van der Waals surface area (Å²) in [5, 5.41) is 22.5. The summed E-state index contributed by atoms with van der Waals surface area (Å²) in [7, 11) is -2.79. The number of amides is 2. The fraction of sp³-hybridized carbons (Fsp3) is 0.474. The summed E-state index contributed by atoms with van der Waals surface area (Å²) < 4.78 is 12.5. The van der Waals surface area contributed by atoms with Crippen LogP contribution in [0.3, 0.4) is 0 Å². The number of nitrogens with one attached hydrogen (secondary N) is 1. The van der Waals surface area contributed by atoms with E-state index in [9.17, 15) is 24.6 Å². The number of unbranched alkanes of at least 4 members (excludes halogenated alkanes) is 1. The highest BCUT2D eigenvalue weighted by atomic mass is 28.4. The predicted octanol–water partition coefficient (Wildman–Crippen LogP) is 4.76. The molecule has 49 heavy (non-hydrogen) atoms. The zero-order chi connectivity index (χ0) is 34.9. The normalized spacial score (nSPS) is 24.9. The monoisotopic (exact) mass is 687 g/mol. The van der Waals surface area contributed by atoms with Crippen molar-refractivity contribution in [2.75, 3.05) is 36.2 Å². The minimum absolute atomic E-state index is 0.0655. The molecule has 6 rings (SSSR count). The molecule has 3 aromatic rings. The summed E-state index contributed by atoms with van der Waals surface area (Å²) in [5.74, 6) is 0.212. The molecule has 262 valence electrons. The number of aliphatic hydroxyl groups excluding tert-OH is 2. The van der Waals surface area contributed by atoms with Crippen molar-refractivity contribution < 1.29 is 34.1 Å². The van der Waals surface area contributed by atoms with E-state index in [0.29, 0.717) is 38.1 Å². The lowest BCUT2D eigenvalue weighted by molar-refractivity contribution is -0.146. The molecule has 1 fully saturated rings. The highest BCUT2D eigenvalue weighted by Crippen LogP contribution is 2.59. The van der Waals surface area contributed by atoms with Crippen molar-refractivity contribution in [3.63, 3.8) is 0 Å². The summed E-state index contributed by atoms with van der Waals surface area (Å²) in [5.41, 5.74) is 3.39. The van der Waals surface area contributed by atoms with E-state index in [-0.39, 0.29) is 43.0 Å². The first-order chi connectivity index (χ1) is 23.5. The van der Waals surface area contributed by atoms with Crippen LogP contribution in [0.4, 0.5) is 17.1 Å². The van der Waals surface area contributed by atoms with Gasteiger partial charge in [-0.3, -0.25) is 14.5 Å². The van der Waals surface area contributed by atoms with Crippen LogP contribution in [-0.2, 0) is 32.9 Å². The van der Waals surface area contributed by atoms with E-state index in [1.54, 1.807) is 9.80 Å². The zero-order valence-corrected chi connectivity index (χ0v) is 29.9. The number of rotatable bonds is 13. The third-order valence-corrected chi connectivity index (χ3v) is 12.8. The molecule has 0 saturated carbocycles. The third-order valence-electron chi connectivity index (χ3n) is 10.3. The fourth-order valence-electron chi connectivity index (χ4n) is 8.28.